The summed E-state index contributed by atoms with van der Waals surface area (Å²) in [5, 5.41) is 10.1. The van der Waals surface area contributed by atoms with Crippen LogP contribution in [0.25, 0.3) is 0 Å². The van der Waals surface area contributed by atoms with Crippen molar-refractivity contribution in [3.8, 4) is 0 Å². The van der Waals surface area contributed by atoms with Crippen LogP contribution in [-0.2, 0) is 0 Å². The van der Waals surface area contributed by atoms with Gasteiger partial charge in [-0.1, -0.05) is 23.7 Å². The van der Waals surface area contributed by atoms with Crippen molar-refractivity contribution in [1.82, 2.24) is 0 Å². The molecule has 1 nitrogen and oxygen atoms in total. The molecule has 0 aromatic heterocycles. The topological polar surface area (TPSA) is 20.2 Å². The van der Waals surface area contributed by atoms with Crippen LogP contribution in [0.1, 0.15) is 17.2 Å². The fourth-order valence-corrected chi connectivity index (χ4v) is 1.32. The number of aliphatic hydroxyl groups is 1. The summed E-state index contributed by atoms with van der Waals surface area (Å²) in [6.07, 6.45) is 0.901. The molecule has 0 amide bonds. The van der Waals surface area contributed by atoms with Gasteiger partial charge in [-0.25, -0.2) is 0 Å². The largest absolute Gasteiger partial charge is 0.384 e. The summed E-state index contributed by atoms with van der Waals surface area (Å²) in [6.45, 7) is 5.43. The predicted octanol–water partition coefficient (Wildman–Crippen LogP) is 2.87. The van der Waals surface area contributed by atoms with Crippen molar-refractivity contribution in [2.24, 2.45) is 0 Å². The molecule has 1 aromatic carbocycles. The van der Waals surface area contributed by atoms with E-state index in [0.717, 1.165) is 11.1 Å². The first kappa shape index (κ1) is 9.30. The van der Waals surface area contributed by atoms with Crippen LogP contribution >= 0.6 is 11.6 Å². The highest BCUT2D eigenvalue weighted by molar-refractivity contribution is 6.30. The number of aliphatic hydroxyl groups excluding tert-OH is 1. The van der Waals surface area contributed by atoms with Gasteiger partial charge in [-0.15, -0.1) is 6.58 Å². The number of aryl methyl sites for hydroxylation is 1. The Kier molecular flexibility index (Phi) is 2.90. The SMILES string of the molecule is C=CC(O)c1ccc(Cl)cc1C. The second-order valence-corrected chi connectivity index (χ2v) is 3.12. The molecule has 0 saturated carbocycles. The zero-order valence-corrected chi connectivity index (χ0v) is 7.67. The van der Waals surface area contributed by atoms with Gasteiger partial charge in [0, 0.05) is 5.02 Å². The fraction of sp³-hybridized carbons (Fsp3) is 0.200. The minimum atomic E-state index is -0.595. The van der Waals surface area contributed by atoms with E-state index in [1.807, 2.05) is 19.1 Å². The first-order chi connectivity index (χ1) is 5.65. The molecule has 1 rings (SSSR count). The van der Waals surface area contributed by atoms with E-state index < -0.39 is 6.10 Å². The number of hydrogen-bond donors (Lipinski definition) is 1. The molecule has 1 aromatic rings. The summed E-state index contributed by atoms with van der Waals surface area (Å²) >= 11 is 5.76. The molecule has 0 spiro atoms. The molecule has 64 valence electrons. The Morgan fingerprint density at radius 3 is 2.75 bits per heavy atom. The number of halogens is 1. The highest BCUT2D eigenvalue weighted by Crippen LogP contribution is 2.21. The Balaban J connectivity index is 3.09. The molecule has 2 heteroatoms. The Bertz CT molecular complexity index is 294. The molecular weight excluding hydrogens is 172 g/mol. The molecular formula is C10H11ClO. The van der Waals surface area contributed by atoms with E-state index in [1.165, 1.54) is 6.08 Å². The molecule has 0 heterocycles. The van der Waals surface area contributed by atoms with Gasteiger partial charge in [0.2, 0.25) is 0 Å². The molecule has 0 bridgehead atoms. The highest BCUT2D eigenvalue weighted by atomic mass is 35.5. The first-order valence-electron chi connectivity index (χ1n) is 3.72. The maximum absolute atomic E-state index is 9.44. The molecule has 0 aliphatic carbocycles. The van der Waals surface area contributed by atoms with Crippen LogP contribution in [0.3, 0.4) is 0 Å². The average Bonchev–Trinajstić information content (AvgIpc) is 2.03. The van der Waals surface area contributed by atoms with Gasteiger partial charge in [0.05, 0.1) is 6.10 Å². The lowest BCUT2D eigenvalue weighted by Gasteiger charge is -2.08. The third-order valence-electron chi connectivity index (χ3n) is 1.77. The lowest BCUT2D eigenvalue weighted by atomic mass is 10.0. The predicted molar refractivity (Wildman–Crippen MR) is 51.3 cm³/mol. The Labute approximate surface area is 77.3 Å². The lowest BCUT2D eigenvalue weighted by Crippen LogP contribution is -1.95. The average molecular weight is 183 g/mol. The van der Waals surface area contributed by atoms with Crippen LogP contribution in [0.4, 0.5) is 0 Å². The van der Waals surface area contributed by atoms with Crippen LogP contribution in [0.15, 0.2) is 30.9 Å². The van der Waals surface area contributed by atoms with E-state index >= 15 is 0 Å². The molecule has 1 unspecified atom stereocenters. The normalized spacial score (nSPS) is 12.6. The third kappa shape index (κ3) is 1.87. The van der Waals surface area contributed by atoms with Gasteiger partial charge < -0.3 is 5.11 Å². The molecule has 0 radical (unpaired) electrons. The van der Waals surface area contributed by atoms with Gasteiger partial charge in [0.1, 0.15) is 0 Å². The smallest absolute Gasteiger partial charge is 0.0971 e. The summed E-state index contributed by atoms with van der Waals surface area (Å²) < 4.78 is 0. The van der Waals surface area contributed by atoms with Crippen molar-refractivity contribution < 1.29 is 5.11 Å². The van der Waals surface area contributed by atoms with Crippen LogP contribution in [0.5, 0.6) is 0 Å². The van der Waals surface area contributed by atoms with Crippen molar-refractivity contribution >= 4 is 11.6 Å². The van der Waals surface area contributed by atoms with E-state index in [1.54, 1.807) is 6.07 Å². The second kappa shape index (κ2) is 3.74. The quantitative estimate of drug-likeness (QED) is 0.698. The third-order valence-corrected chi connectivity index (χ3v) is 2.01. The Hall–Kier alpha value is -0.790. The zero-order valence-electron chi connectivity index (χ0n) is 6.92. The van der Waals surface area contributed by atoms with Crippen molar-refractivity contribution in [3.63, 3.8) is 0 Å². The lowest BCUT2D eigenvalue weighted by molar-refractivity contribution is 0.228. The van der Waals surface area contributed by atoms with Crippen LogP contribution in [-0.4, -0.2) is 5.11 Å². The van der Waals surface area contributed by atoms with Gasteiger partial charge in [0.25, 0.3) is 0 Å². The molecule has 12 heavy (non-hydrogen) atoms. The zero-order chi connectivity index (χ0) is 9.14. The van der Waals surface area contributed by atoms with Gasteiger partial charge in [-0.2, -0.15) is 0 Å². The van der Waals surface area contributed by atoms with Crippen molar-refractivity contribution in [1.29, 1.82) is 0 Å². The van der Waals surface area contributed by atoms with Crippen LogP contribution < -0.4 is 0 Å². The molecule has 0 aliphatic heterocycles. The molecule has 1 N–H and O–H groups in total. The summed E-state index contributed by atoms with van der Waals surface area (Å²) in [7, 11) is 0. The maximum Gasteiger partial charge on any atom is 0.0971 e. The fourth-order valence-electron chi connectivity index (χ4n) is 1.10. The second-order valence-electron chi connectivity index (χ2n) is 2.68. The first-order valence-corrected chi connectivity index (χ1v) is 4.09. The monoisotopic (exact) mass is 182 g/mol. The Morgan fingerprint density at radius 2 is 2.25 bits per heavy atom. The Morgan fingerprint density at radius 1 is 1.58 bits per heavy atom. The van der Waals surface area contributed by atoms with Crippen LogP contribution in [0, 0.1) is 6.92 Å². The van der Waals surface area contributed by atoms with Crippen molar-refractivity contribution in [2.75, 3.05) is 0 Å². The van der Waals surface area contributed by atoms with Gasteiger partial charge in [0.15, 0.2) is 0 Å². The van der Waals surface area contributed by atoms with Crippen LogP contribution in [0.2, 0.25) is 5.02 Å². The van der Waals surface area contributed by atoms with E-state index in [0.29, 0.717) is 5.02 Å². The minimum Gasteiger partial charge on any atom is -0.384 e. The van der Waals surface area contributed by atoms with E-state index in [4.69, 9.17) is 11.6 Å². The van der Waals surface area contributed by atoms with Gasteiger partial charge in [-0.3, -0.25) is 0 Å². The minimum absolute atomic E-state index is 0.595. The number of rotatable bonds is 2. The summed E-state index contributed by atoms with van der Waals surface area (Å²) in [5.74, 6) is 0. The summed E-state index contributed by atoms with van der Waals surface area (Å²) in [4.78, 5) is 0. The standard InChI is InChI=1S/C10H11ClO/c1-3-10(12)9-5-4-8(11)6-7(9)2/h3-6,10,12H,1H2,2H3. The van der Waals surface area contributed by atoms with Crippen molar-refractivity contribution in [3.05, 3.63) is 47.0 Å². The molecule has 1 atom stereocenters. The van der Waals surface area contributed by atoms with E-state index in [-0.39, 0.29) is 0 Å². The summed E-state index contributed by atoms with van der Waals surface area (Å²) in [6, 6.07) is 5.39. The summed E-state index contributed by atoms with van der Waals surface area (Å²) in [5.41, 5.74) is 1.84. The number of benzene rings is 1. The maximum atomic E-state index is 9.44. The van der Waals surface area contributed by atoms with Gasteiger partial charge >= 0.3 is 0 Å². The highest BCUT2D eigenvalue weighted by Gasteiger charge is 2.05. The van der Waals surface area contributed by atoms with Crippen molar-refractivity contribution in [2.45, 2.75) is 13.0 Å². The van der Waals surface area contributed by atoms with Gasteiger partial charge in [-0.05, 0) is 30.2 Å². The van der Waals surface area contributed by atoms with E-state index in [2.05, 4.69) is 6.58 Å². The molecule has 0 aliphatic rings. The molecule has 0 saturated heterocycles. The number of hydrogen-bond acceptors (Lipinski definition) is 1. The van der Waals surface area contributed by atoms with E-state index in [9.17, 15) is 5.11 Å². The molecule has 0 fully saturated rings.